The number of likely N-dealkylation sites (tertiary alicyclic amines) is 1. The lowest BCUT2D eigenvalue weighted by atomic mass is 10.2. The summed E-state index contributed by atoms with van der Waals surface area (Å²) >= 11 is 5.19. The summed E-state index contributed by atoms with van der Waals surface area (Å²) in [6, 6.07) is 4.28. The molecule has 0 spiro atoms. The van der Waals surface area contributed by atoms with E-state index in [0.717, 1.165) is 24.0 Å². The maximum absolute atomic E-state index is 12.1. The van der Waals surface area contributed by atoms with Crippen LogP contribution in [0.1, 0.15) is 24.5 Å². The van der Waals surface area contributed by atoms with E-state index in [1.807, 2.05) is 4.90 Å². The van der Waals surface area contributed by atoms with E-state index in [4.69, 9.17) is 0 Å². The molecule has 1 aromatic carbocycles. The van der Waals surface area contributed by atoms with Gasteiger partial charge in [-0.1, -0.05) is 22.9 Å². The van der Waals surface area contributed by atoms with Crippen LogP contribution in [0.4, 0.5) is 0 Å². The van der Waals surface area contributed by atoms with Crippen LogP contribution in [0.15, 0.2) is 21.5 Å². The molecule has 1 aliphatic rings. The van der Waals surface area contributed by atoms with E-state index in [2.05, 4.69) is 48.8 Å². The second kappa shape index (κ2) is 6.31. The Morgan fingerprint density at radius 2 is 2.16 bits per heavy atom. The summed E-state index contributed by atoms with van der Waals surface area (Å²) in [5.74, 6) is 1.48. The molecular formula is C15H20BrNOS. The maximum atomic E-state index is 12.1. The Morgan fingerprint density at radius 3 is 2.79 bits per heavy atom. The van der Waals surface area contributed by atoms with Gasteiger partial charge in [0.2, 0.25) is 5.91 Å². The molecule has 0 aromatic heterocycles. The highest BCUT2D eigenvalue weighted by atomic mass is 79.9. The number of thioether (sulfide) groups is 1. The average molecular weight is 342 g/mol. The van der Waals surface area contributed by atoms with Crippen LogP contribution in [-0.4, -0.2) is 29.6 Å². The standard InChI is InChI=1S/C15H20BrNOS/c1-10-4-5-17(8-10)15(18)9-19-14-7-11(2)13(16)6-12(14)3/h6-7,10H,4-5,8-9H2,1-3H3. The fourth-order valence-corrected chi connectivity index (χ4v) is 3.77. The van der Waals surface area contributed by atoms with Gasteiger partial charge in [0, 0.05) is 22.5 Å². The summed E-state index contributed by atoms with van der Waals surface area (Å²) in [4.78, 5) is 15.3. The predicted molar refractivity (Wildman–Crippen MR) is 84.7 cm³/mol. The summed E-state index contributed by atoms with van der Waals surface area (Å²) in [6.45, 7) is 8.24. The molecule has 1 heterocycles. The molecule has 1 amide bonds. The SMILES string of the molecule is Cc1cc(SCC(=O)N2CCC(C)C2)c(C)cc1Br. The first kappa shape index (κ1) is 14.9. The van der Waals surface area contributed by atoms with Crippen LogP contribution in [0.5, 0.6) is 0 Å². The molecule has 4 heteroatoms. The normalized spacial score (nSPS) is 18.9. The van der Waals surface area contributed by atoms with Gasteiger partial charge in [-0.2, -0.15) is 0 Å². The molecule has 1 fully saturated rings. The third-order valence-corrected chi connectivity index (χ3v) is 5.58. The second-order valence-corrected chi connectivity index (χ2v) is 7.26. The molecular weight excluding hydrogens is 322 g/mol. The van der Waals surface area contributed by atoms with Crippen molar-refractivity contribution in [3.63, 3.8) is 0 Å². The number of aryl methyl sites for hydroxylation is 2. The molecule has 0 saturated carbocycles. The van der Waals surface area contributed by atoms with Crippen molar-refractivity contribution in [3.05, 3.63) is 27.7 Å². The Kier molecular flexibility index (Phi) is 4.96. The minimum atomic E-state index is 0.273. The van der Waals surface area contributed by atoms with E-state index in [-0.39, 0.29) is 5.91 Å². The van der Waals surface area contributed by atoms with Gasteiger partial charge < -0.3 is 4.90 Å². The monoisotopic (exact) mass is 341 g/mol. The van der Waals surface area contributed by atoms with Crippen LogP contribution in [0.3, 0.4) is 0 Å². The number of amides is 1. The highest BCUT2D eigenvalue weighted by Gasteiger charge is 2.23. The van der Waals surface area contributed by atoms with E-state index >= 15 is 0 Å². The van der Waals surface area contributed by atoms with Crippen LogP contribution in [0.2, 0.25) is 0 Å². The zero-order valence-corrected chi connectivity index (χ0v) is 14.1. The molecule has 0 bridgehead atoms. The molecule has 2 nitrogen and oxygen atoms in total. The first-order valence-corrected chi connectivity index (χ1v) is 8.42. The Hall–Kier alpha value is -0.480. The second-order valence-electron chi connectivity index (χ2n) is 5.39. The molecule has 0 N–H and O–H groups in total. The Morgan fingerprint density at radius 1 is 1.42 bits per heavy atom. The number of halogens is 1. The fourth-order valence-electron chi connectivity index (χ4n) is 2.30. The summed E-state index contributed by atoms with van der Waals surface area (Å²) in [5.41, 5.74) is 2.44. The number of nitrogens with zero attached hydrogens (tertiary/aromatic N) is 1. The van der Waals surface area contributed by atoms with Gasteiger partial charge >= 0.3 is 0 Å². The Labute approximate surface area is 128 Å². The molecule has 1 aromatic rings. The van der Waals surface area contributed by atoms with Crippen LogP contribution in [0, 0.1) is 19.8 Å². The van der Waals surface area contributed by atoms with Crippen molar-refractivity contribution in [3.8, 4) is 0 Å². The quantitative estimate of drug-likeness (QED) is 0.773. The van der Waals surface area contributed by atoms with Gasteiger partial charge in [-0.15, -0.1) is 11.8 Å². The van der Waals surface area contributed by atoms with Crippen molar-refractivity contribution in [1.82, 2.24) is 4.90 Å². The smallest absolute Gasteiger partial charge is 0.232 e. The molecule has 0 aliphatic carbocycles. The third-order valence-electron chi connectivity index (χ3n) is 3.58. The highest BCUT2D eigenvalue weighted by Crippen LogP contribution is 2.29. The summed E-state index contributed by atoms with van der Waals surface area (Å²) < 4.78 is 1.13. The van der Waals surface area contributed by atoms with Crippen LogP contribution in [-0.2, 0) is 4.79 Å². The van der Waals surface area contributed by atoms with Crippen molar-refractivity contribution >= 4 is 33.6 Å². The number of benzene rings is 1. The van der Waals surface area contributed by atoms with Crippen LogP contribution < -0.4 is 0 Å². The van der Waals surface area contributed by atoms with Crippen molar-refractivity contribution in [2.24, 2.45) is 5.92 Å². The van der Waals surface area contributed by atoms with Gasteiger partial charge in [-0.3, -0.25) is 4.79 Å². The number of rotatable bonds is 3. The van der Waals surface area contributed by atoms with Gasteiger partial charge in [0.15, 0.2) is 0 Å². The van der Waals surface area contributed by atoms with E-state index < -0.39 is 0 Å². The molecule has 1 unspecified atom stereocenters. The molecule has 2 rings (SSSR count). The molecule has 104 valence electrons. The van der Waals surface area contributed by atoms with Gasteiger partial charge in [-0.05, 0) is 49.4 Å². The van der Waals surface area contributed by atoms with Crippen molar-refractivity contribution in [2.45, 2.75) is 32.1 Å². The molecule has 1 aliphatic heterocycles. The van der Waals surface area contributed by atoms with Gasteiger partial charge in [-0.25, -0.2) is 0 Å². The average Bonchev–Trinajstić information content (AvgIpc) is 2.78. The minimum absolute atomic E-state index is 0.273. The molecule has 0 radical (unpaired) electrons. The van der Waals surface area contributed by atoms with Crippen molar-refractivity contribution < 1.29 is 4.79 Å². The highest BCUT2D eigenvalue weighted by molar-refractivity contribution is 9.10. The van der Waals surface area contributed by atoms with Gasteiger partial charge in [0.25, 0.3) is 0 Å². The maximum Gasteiger partial charge on any atom is 0.232 e. The first-order valence-electron chi connectivity index (χ1n) is 6.64. The lowest BCUT2D eigenvalue weighted by molar-refractivity contribution is -0.127. The van der Waals surface area contributed by atoms with Crippen LogP contribution >= 0.6 is 27.7 Å². The van der Waals surface area contributed by atoms with Gasteiger partial charge in [0.1, 0.15) is 0 Å². The number of hydrogen-bond acceptors (Lipinski definition) is 2. The number of hydrogen-bond donors (Lipinski definition) is 0. The predicted octanol–water partition coefficient (Wildman–Crippen LogP) is 4.03. The lowest BCUT2D eigenvalue weighted by Gasteiger charge is -2.16. The summed E-state index contributed by atoms with van der Waals surface area (Å²) in [6.07, 6.45) is 1.15. The zero-order chi connectivity index (χ0) is 14.0. The van der Waals surface area contributed by atoms with E-state index in [1.54, 1.807) is 11.8 Å². The van der Waals surface area contributed by atoms with E-state index in [0.29, 0.717) is 11.7 Å². The van der Waals surface area contributed by atoms with E-state index in [9.17, 15) is 4.79 Å². The van der Waals surface area contributed by atoms with Crippen molar-refractivity contribution in [2.75, 3.05) is 18.8 Å². The van der Waals surface area contributed by atoms with Crippen LogP contribution in [0.25, 0.3) is 0 Å². The molecule has 1 atom stereocenters. The summed E-state index contributed by atoms with van der Waals surface area (Å²) in [7, 11) is 0. The fraction of sp³-hybridized carbons (Fsp3) is 0.533. The van der Waals surface area contributed by atoms with Gasteiger partial charge in [0.05, 0.1) is 5.75 Å². The third kappa shape index (κ3) is 3.76. The van der Waals surface area contributed by atoms with Crippen molar-refractivity contribution in [1.29, 1.82) is 0 Å². The Balaban J connectivity index is 1.95. The largest absolute Gasteiger partial charge is 0.342 e. The zero-order valence-electron chi connectivity index (χ0n) is 11.7. The topological polar surface area (TPSA) is 20.3 Å². The number of carbonyl (C=O) groups excluding carboxylic acids is 1. The minimum Gasteiger partial charge on any atom is -0.342 e. The molecule has 1 saturated heterocycles. The Bertz CT molecular complexity index is 489. The van der Waals surface area contributed by atoms with E-state index in [1.165, 1.54) is 16.0 Å². The summed E-state index contributed by atoms with van der Waals surface area (Å²) in [5, 5.41) is 0. The molecule has 19 heavy (non-hydrogen) atoms. The lowest BCUT2D eigenvalue weighted by Crippen LogP contribution is -2.29. The first-order chi connectivity index (χ1) is 8.97. The number of carbonyl (C=O) groups is 1.